The fourth-order valence-corrected chi connectivity index (χ4v) is 0.401. The average molecular weight is 180 g/mol. The zero-order valence-corrected chi connectivity index (χ0v) is 6.25. The number of rotatable bonds is 3. The molecule has 0 bridgehead atoms. The summed E-state index contributed by atoms with van der Waals surface area (Å²) in [5.41, 5.74) is -2.26. The maximum Gasteiger partial charge on any atom is 0.429 e. The van der Waals surface area contributed by atoms with Gasteiger partial charge in [0.25, 0.3) is 0 Å². The third-order valence-electron chi connectivity index (χ3n) is 1.12. The summed E-state index contributed by atoms with van der Waals surface area (Å²) >= 11 is 0. The van der Waals surface area contributed by atoms with E-state index in [1.165, 1.54) is 0 Å². The van der Waals surface area contributed by atoms with Crippen LogP contribution < -0.4 is 0 Å². The van der Waals surface area contributed by atoms with Crippen molar-refractivity contribution in [3.63, 3.8) is 0 Å². The Labute approximate surface area is 66.6 Å². The SMILES string of the molecule is CC(=O)C(=N)CC(=N)C(F)(F)F. The number of nitrogens with one attached hydrogen (secondary N) is 2. The number of carbonyl (C=O) groups excluding carboxylic acids is 1. The monoisotopic (exact) mass is 180 g/mol. The Kier molecular flexibility index (Phi) is 3.12. The first kappa shape index (κ1) is 10.8. The fourth-order valence-electron chi connectivity index (χ4n) is 0.401. The molecule has 2 N–H and O–H groups in total. The van der Waals surface area contributed by atoms with Gasteiger partial charge in [0.2, 0.25) is 0 Å². The van der Waals surface area contributed by atoms with Gasteiger partial charge in [0.15, 0.2) is 5.78 Å². The number of ketones is 1. The van der Waals surface area contributed by atoms with Crippen LogP contribution in [0.4, 0.5) is 13.2 Å². The smallest absolute Gasteiger partial charge is 0.301 e. The minimum atomic E-state index is -4.73. The molecule has 0 rings (SSSR count). The van der Waals surface area contributed by atoms with Crippen molar-refractivity contribution in [1.29, 1.82) is 10.8 Å². The Hall–Kier alpha value is -1.20. The standard InChI is InChI=1S/C6H7F3N2O/c1-3(12)4(10)2-5(11)6(7,8)9/h10-11H,2H2,1H3. The number of carbonyl (C=O) groups is 1. The quantitative estimate of drug-likeness (QED) is 0.636. The van der Waals surface area contributed by atoms with Gasteiger partial charge in [-0.2, -0.15) is 13.2 Å². The van der Waals surface area contributed by atoms with E-state index in [9.17, 15) is 18.0 Å². The van der Waals surface area contributed by atoms with Gasteiger partial charge in [0, 0.05) is 13.3 Å². The molecular weight excluding hydrogens is 173 g/mol. The van der Waals surface area contributed by atoms with E-state index in [-0.39, 0.29) is 0 Å². The minimum Gasteiger partial charge on any atom is -0.301 e. The summed E-state index contributed by atoms with van der Waals surface area (Å²) in [7, 11) is 0. The summed E-state index contributed by atoms with van der Waals surface area (Å²) in [6.07, 6.45) is -5.68. The van der Waals surface area contributed by atoms with Gasteiger partial charge in [-0.15, -0.1) is 0 Å². The van der Waals surface area contributed by atoms with Crippen molar-refractivity contribution in [1.82, 2.24) is 0 Å². The lowest BCUT2D eigenvalue weighted by atomic mass is 10.1. The second-order valence-corrected chi connectivity index (χ2v) is 2.19. The molecule has 0 fully saturated rings. The van der Waals surface area contributed by atoms with Crippen molar-refractivity contribution in [3.8, 4) is 0 Å². The van der Waals surface area contributed by atoms with E-state index in [0.717, 1.165) is 6.92 Å². The molecule has 12 heavy (non-hydrogen) atoms. The van der Waals surface area contributed by atoms with Gasteiger partial charge < -0.3 is 10.8 Å². The zero-order chi connectivity index (χ0) is 9.94. The highest BCUT2D eigenvalue weighted by Gasteiger charge is 2.34. The molecule has 0 aliphatic carbocycles. The molecule has 0 aromatic rings. The van der Waals surface area contributed by atoms with Crippen LogP contribution in [-0.4, -0.2) is 23.4 Å². The maximum absolute atomic E-state index is 11.6. The zero-order valence-electron chi connectivity index (χ0n) is 6.25. The lowest BCUT2D eigenvalue weighted by molar-refractivity contribution is -0.111. The second-order valence-electron chi connectivity index (χ2n) is 2.19. The van der Waals surface area contributed by atoms with E-state index in [0.29, 0.717) is 0 Å². The Morgan fingerprint density at radius 3 is 2.00 bits per heavy atom. The summed E-state index contributed by atoms with van der Waals surface area (Å²) in [4.78, 5) is 10.3. The summed E-state index contributed by atoms with van der Waals surface area (Å²) in [6, 6.07) is 0. The predicted molar refractivity (Wildman–Crippen MR) is 36.8 cm³/mol. The molecule has 3 nitrogen and oxygen atoms in total. The van der Waals surface area contributed by atoms with Crippen LogP contribution in [0.3, 0.4) is 0 Å². The first-order chi connectivity index (χ1) is 5.25. The third-order valence-corrected chi connectivity index (χ3v) is 1.12. The van der Waals surface area contributed by atoms with E-state index in [1.54, 1.807) is 0 Å². The van der Waals surface area contributed by atoms with E-state index in [1.807, 2.05) is 0 Å². The Bertz CT molecular complexity index is 231. The molecular formula is C6H7F3N2O. The van der Waals surface area contributed by atoms with Crippen LogP contribution in [0, 0.1) is 10.8 Å². The number of alkyl halides is 3. The van der Waals surface area contributed by atoms with E-state index >= 15 is 0 Å². The molecule has 68 valence electrons. The predicted octanol–water partition coefficient (Wildman–Crippen LogP) is 1.57. The topological polar surface area (TPSA) is 64.8 Å². The molecule has 0 aromatic heterocycles. The number of hydrogen-bond acceptors (Lipinski definition) is 3. The molecule has 0 aliphatic rings. The first-order valence-electron chi connectivity index (χ1n) is 2.98. The minimum absolute atomic E-state index is 0.697. The number of Topliss-reactive ketones (excluding diaryl/α,β-unsaturated/α-hetero) is 1. The van der Waals surface area contributed by atoms with Crippen LogP contribution in [0.1, 0.15) is 13.3 Å². The molecule has 0 amide bonds. The van der Waals surface area contributed by atoms with E-state index in [2.05, 4.69) is 0 Å². The average Bonchev–Trinajstić information content (AvgIpc) is 1.85. The Balaban J connectivity index is 4.21. The van der Waals surface area contributed by atoms with Crippen LogP contribution in [0.2, 0.25) is 0 Å². The van der Waals surface area contributed by atoms with Gasteiger partial charge in [0.1, 0.15) is 5.71 Å². The first-order valence-corrected chi connectivity index (χ1v) is 2.98. The lowest BCUT2D eigenvalue weighted by Crippen LogP contribution is -2.26. The van der Waals surface area contributed by atoms with Crippen LogP contribution in [0.15, 0.2) is 0 Å². The molecule has 0 saturated heterocycles. The van der Waals surface area contributed by atoms with Crippen LogP contribution in [-0.2, 0) is 4.79 Å². The summed E-state index contributed by atoms with van der Waals surface area (Å²) in [6.45, 7) is 0.992. The van der Waals surface area contributed by atoms with Gasteiger partial charge in [0.05, 0.1) is 5.71 Å². The molecule has 0 atom stereocenters. The highest BCUT2D eigenvalue weighted by Crippen LogP contribution is 2.18. The van der Waals surface area contributed by atoms with E-state index < -0.39 is 29.8 Å². The Morgan fingerprint density at radius 2 is 1.75 bits per heavy atom. The summed E-state index contributed by atoms with van der Waals surface area (Å²) in [5.74, 6) is -0.746. The van der Waals surface area contributed by atoms with Gasteiger partial charge in [-0.25, -0.2) is 0 Å². The van der Waals surface area contributed by atoms with Gasteiger partial charge in [-0.1, -0.05) is 0 Å². The third kappa shape index (κ3) is 3.27. The van der Waals surface area contributed by atoms with E-state index in [4.69, 9.17) is 10.8 Å². The fraction of sp³-hybridized carbons (Fsp3) is 0.500. The number of halogens is 3. The molecule has 0 aromatic carbocycles. The van der Waals surface area contributed by atoms with Gasteiger partial charge in [-0.3, -0.25) is 4.79 Å². The number of hydrogen-bond donors (Lipinski definition) is 2. The van der Waals surface area contributed by atoms with Crippen LogP contribution in [0.5, 0.6) is 0 Å². The molecule has 6 heteroatoms. The van der Waals surface area contributed by atoms with Crippen molar-refractivity contribution < 1.29 is 18.0 Å². The largest absolute Gasteiger partial charge is 0.429 e. The molecule has 0 spiro atoms. The highest BCUT2D eigenvalue weighted by atomic mass is 19.4. The summed E-state index contributed by atoms with van der Waals surface area (Å²) < 4.78 is 34.9. The molecule has 0 radical (unpaired) electrons. The van der Waals surface area contributed by atoms with Crippen molar-refractivity contribution >= 4 is 17.2 Å². The van der Waals surface area contributed by atoms with Gasteiger partial charge >= 0.3 is 6.18 Å². The maximum atomic E-state index is 11.6. The molecule has 0 heterocycles. The molecule has 0 saturated carbocycles. The second kappa shape index (κ2) is 3.46. The van der Waals surface area contributed by atoms with Crippen molar-refractivity contribution in [3.05, 3.63) is 0 Å². The normalized spacial score (nSPS) is 11.0. The Morgan fingerprint density at radius 1 is 1.33 bits per heavy atom. The van der Waals surface area contributed by atoms with Gasteiger partial charge in [-0.05, 0) is 0 Å². The highest BCUT2D eigenvalue weighted by molar-refractivity contribution is 6.41. The van der Waals surface area contributed by atoms with Crippen LogP contribution >= 0.6 is 0 Å². The van der Waals surface area contributed by atoms with Crippen molar-refractivity contribution in [2.75, 3.05) is 0 Å². The van der Waals surface area contributed by atoms with Crippen LogP contribution in [0.25, 0.3) is 0 Å². The molecule has 0 unspecified atom stereocenters. The lowest BCUT2D eigenvalue weighted by Gasteiger charge is -2.06. The molecule has 0 aliphatic heterocycles. The summed E-state index contributed by atoms with van der Waals surface area (Å²) in [5, 5.41) is 13.2. The van der Waals surface area contributed by atoms with Crippen molar-refractivity contribution in [2.45, 2.75) is 19.5 Å². The van der Waals surface area contributed by atoms with Crippen molar-refractivity contribution in [2.24, 2.45) is 0 Å².